The number of carbonyl (C=O) groups is 1. The Balaban J connectivity index is 1.28. The molecule has 0 spiro atoms. The van der Waals surface area contributed by atoms with E-state index >= 15 is 0 Å². The molecule has 42 heavy (non-hydrogen) atoms. The summed E-state index contributed by atoms with van der Waals surface area (Å²) in [6.45, 7) is 0.747. The van der Waals surface area contributed by atoms with Crippen LogP contribution in [-0.4, -0.2) is 29.0 Å². The topological polar surface area (TPSA) is 87.5 Å². The van der Waals surface area contributed by atoms with E-state index in [0.29, 0.717) is 35.1 Å². The van der Waals surface area contributed by atoms with Gasteiger partial charge in [-0.2, -0.15) is 5.26 Å². The number of nitrogens with zero attached hydrogens (tertiary/aromatic N) is 3. The molecule has 2 heterocycles. The molecular formula is C34H31ClN4O3. The molecule has 1 fully saturated rings. The fourth-order valence-corrected chi connectivity index (χ4v) is 6.03. The van der Waals surface area contributed by atoms with Crippen LogP contribution in [0.3, 0.4) is 0 Å². The summed E-state index contributed by atoms with van der Waals surface area (Å²) in [5, 5.41) is 12.8. The van der Waals surface area contributed by atoms with Crippen molar-refractivity contribution in [1.82, 2.24) is 15.2 Å². The van der Waals surface area contributed by atoms with E-state index in [1.54, 1.807) is 12.3 Å². The normalized spacial score (nSPS) is 17.5. The summed E-state index contributed by atoms with van der Waals surface area (Å²) in [7, 11) is 1.97. The van der Waals surface area contributed by atoms with E-state index in [-0.39, 0.29) is 24.8 Å². The highest BCUT2D eigenvalue weighted by atomic mass is 35.5. The van der Waals surface area contributed by atoms with Gasteiger partial charge in [-0.3, -0.25) is 14.7 Å². The number of hydrogen-bond acceptors (Lipinski definition) is 6. The van der Waals surface area contributed by atoms with Crippen molar-refractivity contribution in [3.63, 3.8) is 0 Å². The zero-order valence-corrected chi connectivity index (χ0v) is 24.1. The third kappa shape index (κ3) is 5.96. The van der Waals surface area contributed by atoms with Crippen molar-refractivity contribution >= 4 is 17.5 Å². The molecule has 1 saturated heterocycles. The maximum Gasteiger partial charge on any atom is 0.221 e. The maximum atomic E-state index is 11.8. The van der Waals surface area contributed by atoms with Gasteiger partial charge in [0.15, 0.2) is 0 Å². The number of hydrogen-bond donors (Lipinski definition) is 1. The van der Waals surface area contributed by atoms with E-state index in [1.165, 1.54) is 28.5 Å². The summed E-state index contributed by atoms with van der Waals surface area (Å²) in [5.74, 6) is 1.24. The van der Waals surface area contributed by atoms with Crippen molar-refractivity contribution in [1.29, 1.82) is 5.26 Å². The van der Waals surface area contributed by atoms with Gasteiger partial charge < -0.3 is 14.8 Å². The molecule has 2 atom stereocenters. The molecule has 0 bridgehead atoms. The van der Waals surface area contributed by atoms with Crippen LogP contribution in [0.5, 0.6) is 11.5 Å². The lowest BCUT2D eigenvalue weighted by Gasteiger charge is -2.26. The predicted molar refractivity (Wildman–Crippen MR) is 161 cm³/mol. The molecule has 2 aliphatic rings. The van der Waals surface area contributed by atoms with E-state index in [9.17, 15) is 10.1 Å². The van der Waals surface area contributed by atoms with Crippen LogP contribution in [0.4, 0.5) is 0 Å². The van der Waals surface area contributed by atoms with Crippen LogP contribution in [-0.2, 0) is 24.4 Å². The van der Waals surface area contributed by atoms with Gasteiger partial charge in [-0.05, 0) is 60.7 Å². The summed E-state index contributed by atoms with van der Waals surface area (Å²) in [6.07, 6.45) is 6.07. The van der Waals surface area contributed by atoms with Crippen LogP contribution < -0.4 is 14.8 Å². The lowest BCUT2D eigenvalue weighted by atomic mass is 9.97. The molecule has 1 N–H and O–H groups in total. The van der Waals surface area contributed by atoms with Crippen LogP contribution >= 0.6 is 11.6 Å². The number of amides is 1. The van der Waals surface area contributed by atoms with E-state index < -0.39 is 0 Å². The lowest BCUT2D eigenvalue weighted by molar-refractivity contribution is -0.119. The highest BCUT2D eigenvalue weighted by Gasteiger charge is 2.29. The third-order valence-corrected chi connectivity index (χ3v) is 8.22. The number of aromatic nitrogens is 1. The average molecular weight is 579 g/mol. The molecule has 6 rings (SSSR count). The predicted octanol–water partition coefficient (Wildman–Crippen LogP) is 6.59. The van der Waals surface area contributed by atoms with Crippen LogP contribution in [0.15, 0.2) is 79.1 Å². The lowest BCUT2D eigenvalue weighted by Crippen LogP contribution is -2.40. The summed E-state index contributed by atoms with van der Waals surface area (Å²) in [5.41, 5.74) is 7.05. The Morgan fingerprint density at radius 2 is 1.90 bits per heavy atom. The van der Waals surface area contributed by atoms with E-state index in [4.69, 9.17) is 21.1 Å². The summed E-state index contributed by atoms with van der Waals surface area (Å²) < 4.78 is 12.9. The Labute approximate surface area is 250 Å². The van der Waals surface area contributed by atoms with Crippen molar-refractivity contribution in [3.05, 3.63) is 112 Å². The molecule has 3 aromatic carbocycles. The first-order valence-corrected chi connectivity index (χ1v) is 14.5. The van der Waals surface area contributed by atoms with Gasteiger partial charge in [-0.15, -0.1) is 0 Å². The SMILES string of the molecule is CN(Cc1cc(Cl)c(O[C@H]2CCc3c(-c4ccccc4)cccc32)cc1OCc1cncc(C#N)c1)C1CCC(=O)N1. The van der Waals surface area contributed by atoms with Crippen LogP contribution in [0.2, 0.25) is 5.02 Å². The molecule has 8 heteroatoms. The largest absolute Gasteiger partial charge is 0.488 e. The smallest absolute Gasteiger partial charge is 0.221 e. The molecule has 1 aliphatic carbocycles. The molecule has 0 saturated carbocycles. The second kappa shape index (κ2) is 12.2. The number of pyridine rings is 1. The Hall–Kier alpha value is -4.38. The minimum absolute atomic E-state index is 0.0506. The third-order valence-electron chi connectivity index (χ3n) is 7.93. The fraction of sp³-hybridized carbons (Fsp3) is 0.265. The minimum Gasteiger partial charge on any atom is -0.488 e. The number of benzene rings is 3. The molecule has 1 amide bonds. The standard InChI is InChI=1S/C34H31ClN4O3/c1-39(33-12-13-34(40)38-33)20-25-15-29(35)32(16-31(25)41-21-23-14-22(17-36)18-37-19-23)42-30-11-10-27-26(8-5-9-28(27)30)24-6-3-2-4-7-24/h2-9,14-16,18-19,30,33H,10-13,20-21H2,1H3,(H,38,40)/t30-,33?/m0/s1. The molecular weight excluding hydrogens is 548 g/mol. The number of nitrogens with one attached hydrogen (secondary N) is 1. The van der Waals surface area contributed by atoms with Gasteiger partial charge in [0.2, 0.25) is 5.91 Å². The van der Waals surface area contributed by atoms with E-state index in [1.807, 2.05) is 25.2 Å². The first kappa shape index (κ1) is 27.8. The van der Waals surface area contributed by atoms with Gasteiger partial charge in [-0.25, -0.2) is 0 Å². The second-order valence-corrected chi connectivity index (χ2v) is 11.2. The first-order valence-electron chi connectivity index (χ1n) is 14.1. The number of carbonyl (C=O) groups excluding carboxylic acids is 1. The van der Waals surface area contributed by atoms with Gasteiger partial charge >= 0.3 is 0 Å². The van der Waals surface area contributed by atoms with Gasteiger partial charge in [0.05, 0.1) is 16.8 Å². The number of fused-ring (bicyclic) bond motifs is 1. The molecule has 0 radical (unpaired) electrons. The van der Waals surface area contributed by atoms with Gasteiger partial charge in [0.1, 0.15) is 30.3 Å². The number of nitriles is 1. The van der Waals surface area contributed by atoms with Crippen molar-refractivity contribution < 1.29 is 14.3 Å². The molecule has 7 nitrogen and oxygen atoms in total. The number of halogens is 1. The van der Waals surface area contributed by atoms with Crippen molar-refractivity contribution in [2.75, 3.05) is 7.05 Å². The monoisotopic (exact) mass is 578 g/mol. The van der Waals surface area contributed by atoms with Gasteiger partial charge in [0, 0.05) is 42.6 Å². The molecule has 4 aromatic rings. The maximum absolute atomic E-state index is 11.8. The zero-order chi connectivity index (χ0) is 29.1. The summed E-state index contributed by atoms with van der Waals surface area (Å²) in [6, 6.07) is 24.5. The minimum atomic E-state index is -0.132. The van der Waals surface area contributed by atoms with Gasteiger partial charge in [-0.1, -0.05) is 60.1 Å². The summed E-state index contributed by atoms with van der Waals surface area (Å²) in [4.78, 5) is 18.0. The highest BCUT2D eigenvalue weighted by molar-refractivity contribution is 6.32. The van der Waals surface area contributed by atoms with Crippen molar-refractivity contribution in [2.45, 2.75) is 51.1 Å². The number of ether oxygens (including phenoxy) is 2. The molecule has 1 aliphatic heterocycles. The summed E-state index contributed by atoms with van der Waals surface area (Å²) >= 11 is 6.84. The van der Waals surface area contributed by atoms with Crippen LogP contribution in [0.25, 0.3) is 11.1 Å². The highest BCUT2D eigenvalue weighted by Crippen LogP contribution is 2.43. The molecule has 1 unspecified atom stereocenters. The number of rotatable bonds is 9. The van der Waals surface area contributed by atoms with Crippen molar-refractivity contribution in [2.24, 2.45) is 0 Å². The molecule has 1 aromatic heterocycles. The Bertz CT molecular complexity index is 1650. The second-order valence-electron chi connectivity index (χ2n) is 10.8. The average Bonchev–Trinajstić information content (AvgIpc) is 3.64. The van der Waals surface area contributed by atoms with E-state index in [2.05, 4.69) is 63.7 Å². The van der Waals surface area contributed by atoms with Crippen molar-refractivity contribution in [3.8, 4) is 28.7 Å². The van der Waals surface area contributed by atoms with E-state index in [0.717, 1.165) is 30.4 Å². The van der Waals surface area contributed by atoms with Crippen LogP contribution in [0, 0.1) is 11.3 Å². The Morgan fingerprint density at radius 1 is 1.05 bits per heavy atom. The zero-order valence-electron chi connectivity index (χ0n) is 23.3. The Kier molecular flexibility index (Phi) is 8.09. The quantitative estimate of drug-likeness (QED) is 0.241. The molecule has 212 valence electrons. The Morgan fingerprint density at radius 3 is 2.69 bits per heavy atom. The first-order chi connectivity index (χ1) is 20.5. The fourth-order valence-electron chi connectivity index (χ4n) is 5.80. The van der Waals surface area contributed by atoms with Gasteiger partial charge in [0.25, 0.3) is 0 Å². The van der Waals surface area contributed by atoms with Crippen LogP contribution in [0.1, 0.15) is 53.2 Å².